The fourth-order valence-corrected chi connectivity index (χ4v) is 1.23. The molecule has 0 aliphatic heterocycles. The molecule has 4 nitrogen and oxygen atoms in total. The summed E-state index contributed by atoms with van der Waals surface area (Å²) in [5, 5.41) is 8.88. The number of nitrogens with zero attached hydrogens (tertiary/aromatic N) is 2. The van der Waals surface area contributed by atoms with E-state index in [1.54, 1.807) is 13.0 Å². The van der Waals surface area contributed by atoms with Gasteiger partial charge in [-0.1, -0.05) is 11.6 Å². The maximum absolute atomic E-state index is 13.4. The number of hydrogen-bond donors (Lipinski definition) is 0. The molecule has 0 spiro atoms. The molecule has 0 bridgehead atoms. The van der Waals surface area contributed by atoms with Crippen molar-refractivity contribution in [3.63, 3.8) is 0 Å². The highest BCUT2D eigenvalue weighted by Gasteiger charge is 2.26. The first kappa shape index (κ1) is 12.4. The van der Waals surface area contributed by atoms with Crippen LogP contribution in [0.15, 0.2) is 12.3 Å². The number of ether oxygens (including phenoxy) is 1. The highest BCUT2D eigenvalue weighted by molar-refractivity contribution is 6.30. The molecule has 1 unspecified atom stereocenters. The molecule has 1 atom stereocenters. The third kappa shape index (κ3) is 2.67. The third-order valence-corrected chi connectivity index (χ3v) is 1.97. The van der Waals surface area contributed by atoms with Gasteiger partial charge in [0.25, 0.3) is 0 Å². The van der Waals surface area contributed by atoms with Crippen molar-refractivity contribution in [1.29, 1.82) is 5.26 Å². The predicted molar refractivity (Wildman–Crippen MR) is 54.2 cm³/mol. The van der Waals surface area contributed by atoms with E-state index in [0.717, 1.165) is 6.07 Å². The summed E-state index contributed by atoms with van der Waals surface area (Å²) in [6, 6.07) is 2.64. The molecule has 84 valence electrons. The van der Waals surface area contributed by atoms with Crippen molar-refractivity contribution in [3.05, 3.63) is 28.8 Å². The lowest BCUT2D eigenvalue weighted by Gasteiger charge is -2.08. The molecular formula is C10H8ClFN2O2. The molecule has 6 heteroatoms. The molecule has 0 aliphatic rings. The van der Waals surface area contributed by atoms with Gasteiger partial charge in [-0.15, -0.1) is 0 Å². The summed E-state index contributed by atoms with van der Waals surface area (Å²) < 4.78 is 18.0. The predicted octanol–water partition coefficient (Wildman–Crippen LogP) is 2.04. The molecule has 1 heterocycles. The van der Waals surface area contributed by atoms with Crippen LogP contribution >= 0.6 is 11.6 Å². The van der Waals surface area contributed by atoms with E-state index in [4.69, 9.17) is 16.9 Å². The van der Waals surface area contributed by atoms with Crippen LogP contribution in [0.25, 0.3) is 0 Å². The lowest BCUT2D eigenvalue weighted by atomic mass is 10.1. The van der Waals surface area contributed by atoms with Gasteiger partial charge >= 0.3 is 5.97 Å². The van der Waals surface area contributed by atoms with Gasteiger partial charge in [0, 0.05) is 6.20 Å². The SMILES string of the molecule is CCOC(=O)C(C#N)c1ncc(Cl)cc1F. The Kier molecular flexibility index (Phi) is 4.20. The summed E-state index contributed by atoms with van der Waals surface area (Å²) in [6.45, 7) is 1.71. The monoisotopic (exact) mass is 242 g/mol. The summed E-state index contributed by atoms with van der Waals surface area (Å²) in [7, 11) is 0. The number of aromatic nitrogens is 1. The molecule has 0 N–H and O–H groups in total. The van der Waals surface area contributed by atoms with E-state index in [1.807, 2.05) is 0 Å². The molecule has 0 amide bonds. The fraction of sp³-hybridized carbons (Fsp3) is 0.300. The number of carbonyl (C=O) groups is 1. The Bertz CT molecular complexity index is 445. The van der Waals surface area contributed by atoms with Gasteiger partial charge in [0.05, 0.1) is 17.7 Å². The van der Waals surface area contributed by atoms with Gasteiger partial charge in [0.1, 0.15) is 11.5 Å². The Hall–Kier alpha value is -1.67. The van der Waals surface area contributed by atoms with Crippen LogP contribution in [0.3, 0.4) is 0 Å². The van der Waals surface area contributed by atoms with Crippen LogP contribution in [0.2, 0.25) is 5.02 Å². The number of rotatable bonds is 3. The number of esters is 1. The Morgan fingerprint density at radius 3 is 3.00 bits per heavy atom. The molecule has 0 saturated carbocycles. The number of carbonyl (C=O) groups excluding carboxylic acids is 1. The summed E-state index contributed by atoms with van der Waals surface area (Å²) in [6.07, 6.45) is 1.17. The van der Waals surface area contributed by atoms with Gasteiger partial charge in [-0.3, -0.25) is 9.78 Å². The van der Waals surface area contributed by atoms with E-state index in [-0.39, 0.29) is 17.3 Å². The molecule has 0 aromatic carbocycles. The third-order valence-electron chi connectivity index (χ3n) is 1.76. The zero-order chi connectivity index (χ0) is 12.1. The minimum atomic E-state index is -1.36. The second-order valence-electron chi connectivity index (χ2n) is 2.83. The highest BCUT2D eigenvalue weighted by atomic mass is 35.5. The lowest BCUT2D eigenvalue weighted by molar-refractivity contribution is -0.143. The zero-order valence-electron chi connectivity index (χ0n) is 8.41. The van der Waals surface area contributed by atoms with Crippen molar-refractivity contribution in [3.8, 4) is 6.07 Å². The summed E-state index contributed by atoms with van der Waals surface area (Å²) >= 11 is 5.50. The van der Waals surface area contributed by atoms with Crippen LogP contribution < -0.4 is 0 Å². The Morgan fingerprint density at radius 2 is 2.50 bits per heavy atom. The van der Waals surface area contributed by atoms with Crippen molar-refractivity contribution in [2.45, 2.75) is 12.8 Å². The second-order valence-corrected chi connectivity index (χ2v) is 3.27. The number of hydrogen-bond acceptors (Lipinski definition) is 4. The maximum Gasteiger partial charge on any atom is 0.329 e. The first-order chi connectivity index (χ1) is 7.60. The minimum absolute atomic E-state index is 0.0989. The van der Waals surface area contributed by atoms with Crippen LogP contribution in [0.4, 0.5) is 4.39 Å². The molecule has 0 fully saturated rings. The van der Waals surface area contributed by atoms with Crippen molar-refractivity contribution in [1.82, 2.24) is 4.98 Å². The van der Waals surface area contributed by atoms with Gasteiger partial charge in [0.2, 0.25) is 0 Å². The van der Waals surface area contributed by atoms with E-state index >= 15 is 0 Å². The first-order valence-electron chi connectivity index (χ1n) is 4.47. The molecule has 0 aliphatic carbocycles. The molecule has 0 radical (unpaired) electrons. The van der Waals surface area contributed by atoms with Crippen molar-refractivity contribution in [2.24, 2.45) is 0 Å². The zero-order valence-corrected chi connectivity index (χ0v) is 9.16. The van der Waals surface area contributed by atoms with Crippen molar-refractivity contribution >= 4 is 17.6 Å². The molecule has 16 heavy (non-hydrogen) atoms. The maximum atomic E-state index is 13.4. The minimum Gasteiger partial charge on any atom is -0.465 e. The van der Waals surface area contributed by atoms with Crippen LogP contribution in [-0.2, 0) is 9.53 Å². The number of halogens is 2. The smallest absolute Gasteiger partial charge is 0.329 e. The van der Waals surface area contributed by atoms with Crippen LogP contribution in [-0.4, -0.2) is 17.6 Å². The van der Waals surface area contributed by atoms with Crippen LogP contribution in [0.1, 0.15) is 18.5 Å². The average molecular weight is 243 g/mol. The second kappa shape index (κ2) is 5.42. The summed E-state index contributed by atoms with van der Waals surface area (Å²) in [4.78, 5) is 14.9. The normalized spacial score (nSPS) is 11.6. The Balaban J connectivity index is 3.05. The molecule has 0 saturated heterocycles. The standard InChI is InChI=1S/C10H8ClFN2O2/c1-2-16-10(15)7(4-13)9-8(12)3-6(11)5-14-9/h3,5,7H,2H2,1H3. The fourth-order valence-electron chi connectivity index (χ4n) is 1.09. The molecule has 1 rings (SSSR count). The summed E-state index contributed by atoms with van der Waals surface area (Å²) in [5.41, 5.74) is -0.273. The molecule has 1 aromatic heterocycles. The van der Waals surface area contributed by atoms with Crippen molar-refractivity contribution < 1.29 is 13.9 Å². The van der Waals surface area contributed by atoms with E-state index in [0.29, 0.717) is 0 Å². The van der Waals surface area contributed by atoms with E-state index in [9.17, 15) is 9.18 Å². The largest absolute Gasteiger partial charge is 0.465 e. The number of nitriles is 1. The molecular weight excluding hydrogens is 235 g/mol. The Morgan fingerprint density at radius 1 is 1.81 bits per heavy atom. The summed E-state index contributed by atoms with van der Waals surface area (Å²) in [5.74, 6) is -2.98. The van der Waals surface area contributed by atoms with Crippen molar-refractivity contribution in [2.75, 3.05) is 6.61 Å². The first-order valence-corrected chi connectivity index (χ1v) is 4.85. The van der Waals surface area contributed by atoms with Gasteiger partial charge in [-0.05, 0) is 13.0 Å². The van der Waals surface area contributed by atoms with Crippen LogP contribution in [0, 0.1) is 17.1 Å². The van der Waals surface area contributed by atoms with Gasteiger partial charge in [0.15, 0.2) is 5.92 Å². The highest BCUT2D eigenvalue weighted by Crippen LogP contribution is 2.20. The Labute approximate surface area is 96.6 Å². The quantitative estimate of drug-likeness (QED) is 0.761. The van der Waals surface area contributed by atoms with Crippen LogP contribution in [0.5, 0.6) is 0 Å². The topological polar surface area (TPSA) is 63.0 Å². The van der Waals surface area contributed by atoms with E-state index in [2.05, 4.69) is 9.72 Å². The average Bonchev–Trinajstić information content (AvgIpc) is 2.22. The van der Waals surface area contributed by atoms with Gasteiger partial charge in [-0.2, -0.15) is 5.26 Å². The lowest BCUT2D eigenvalue weighted by Crippen LogP contribution is -2.17. The van der Waals surface area contributed by atoms with E-state index < -0.39 is 17.7 Å². The van der Waals surface area contributed by atoms with Gasteiger partial charge < -0.3 is 4.74 Å². The van der Waals surface area contributed by atoms with Gasteiger partial charge in [-0.25, -0.2) is 4.39 Å². The number of pyridine rings is 1. The molecule has 1 aromatic rings. The van der Waals surface area contributed by atoms with E-state index in [1.165, 1.54) is 6.20 Å².